The molecular formula is C18H20ClN3O2. The summed E-state index contributed by atoms with van der Waals surface area (Å²) in [5, 5.41) is 5.01. The van der Waals surface area contributed by atoms with E-state index in [2.05, 4.69) is 5.10 Å². The third-order valence-corrected chi connectivity index (χ3v) is 5.12. The molecule has 2 atom stereocenters. The van der Waals surface area contributed by atoms with Gasteiger partial charge in [-0.25, -0.2) is 0 Å². The van der Waals surface area contributed by atoms with Crippen LogP contribution in [0.1, 0.15) is 24.4 Å². The predicted octanol–water partition coefficient (Wildman–Crippen LogP) is 2.95. The fourth-order valence-corrected chi connectivity index (χ4v) is 3.84. The molecule has 2 aliphatic rings. The average Bonchev–Trinajstić information content (AvgIpc) is 3.15. The Bertz CT molecular complexity index is 732. The van der Waals surface area contributed by atoms with Gasteiger partial charge in [0.25, 0.3) is 0 Å². The average molecular weight is 346 g/mol. The van der Waals surface area contributed by atoms with E-state index in [1.54, 1.807) is 6.20 Å². The Morgan fingerprint density at radius 2 is 2.29 bits per heavy atom. The molecule has 0 aliphatic carbocycles. The topological polar surface area (TPSA) is 47.4 Å². The van der Waals surface area contributed by atoms with Crippen LogP contribution in [-0.2, 0) is 11.2 Å². The zero-order valence-corrected chi connectivity index (χ0v) is 14.2. The molecule has 0 bridgehead atoms. The molecule has 3 heterocycles. The van der Waals surface area contributed by atoms with Crippen LogP contribution >= 0.6 is 11.6 Å². The summed E-state index contributed by atoms with van der Waals surface area (Å²) < 4.78 is 7.74. The highest BCUT2D eigenvalue weighted by Gasteiger charge is 2.32. The third kappa shape index (κ3) is 3.00. The van der Waals surface area contributed by atoms with Gasteiger partial charge < -0.3 is 9.64 Å². The predicted molar refractivity (Wildman–Crippen MR) is 91.2 cm³/mol. The molecule has 2 aromatic rings. The van der Waals surface area contributed by atoms with Crippen LogP contribution in [0.3, 0.4) is 0 Å². The van der Waals surface area contributed by atoms with E-state index in [1.807, 2.05) is 40.0 Å². The van der Waals surface area contributed by atoms with Crippen LogP contribution in [-0.4, -0.2) is 40.3 Å². The number of hydrogen-bond donors (Lipinski definition) is 0. The summed E-state index contributed by atoms with van der Waals surface area (Å²) >= 11 is 6.07. The summed E-state index contributed by atoms with van der Waals surface area (Å²) in [7, 11) is 0. The van der Waals surface area contributed by atoms with Crippen molar-refractivity contribution in [1.29, 1.82) is 0 Å². The highest BCUT2D eigenvalue weighted by Crippen LogP contribution is 2.31. The minimum Gasteiger partial charge on any atom is -0.492 e. The van der Waals surface area contributed by atoms with E-state index in [4.69, 9.17) is 16.3 Å². The first-order valence-electron chi connectivity index (χ1n) is 8.40. The number of hydrogen-bond acceptors (Lipinski definition) is 3. The van der Waals surface area contributed by atoms with Gasteiger partial charge in [0.2, 0.25) is 5.91 Å². The van der Waals surface area contributed by atoms with Crippen molar-refractivity contribution in [3.63, 3.8) is 0 Å². The molecule has 5 nitrogen and oxygen atoms in total. The number of amides is 1. The number of rotatable bonds is 2. The molecule has 6 heteroatoms. The van der Waals surface area contributed by atoms with Crippen LogP contribution < -0.4 is 4.74 Å². The lowest BCUT2D eigenvalue weighted by Crippen LogP contribution is -2.46. The van der Waals surface area contributed by atoms with Crippen molar-refractivity contribution in [2.75, 3.05) is 19.7 Å². The highest BCUT2D eigenvalue weighted by molar-refractivity contribution is 6.30. The van der Waals surface area contributed by atoms with Crippen molar-refractivity contribution >= 4 is 17.5 Å². The fourth-order valence-electron chi connectivity index (χ4n) is 3.65. The Balaban J connectivity index is 1.46. The summed E-state index contributed by atoms with van der Waals surface area (Å²) in [5.74, 6) is 0.890. The number of ether oxygens (including phenoxy) is 1. The molecule has 2 unspecified atom stereocenters. The lowest BCUT2D eigenvalue weighted by molar-refractivity contribution is -0.138. The summed E-state index contributed by atoms with van der Waals surface area (Å²) in [4.78, 5) is 14.9. The third-order valence-electron chi connectivity index (χ3n) is 4.89. The lowest BCUT2D eigenvalue weighted by atomic mass is 9.94. The van der Waals surface area contributed by atoms with E-state index < -0.39 is 0 Å². The maximum absolute atomic E-state index is 12.9. The van der Waals surface area contributed by atoms with Gasteiger partial charge in [0.15, 0.2) is 0 Å². The number of carbonyl (C=O) groups excluding carboxylic acids is 1. The quantitative estimate of drug-likeness (QED) is 0.840. The van der Waals surface area contributed by atoms with Gasteiger partial charge in [-0.2, -0.15) is 5.10 Å². The minimum atomic E-state index is -0.132. The molecule has 1 saturated heterocycles. The van der Waals surface area contributed by atoms with E-state index in [9.17, 15) is 4.79 Å². The first kappa shape index (κ1) is 15.5. The molecule has 2 aliphatic heterocycles. The van der Waals surface area contributed by atoms with Crippen molar-refractivity contribution in [3.8, 4) is 5.75 Å². The van der Waals surface area contributed by atoms with Crippen LogP contribution in [0.15, 0.2) is 36.7 Å². The van der Waals surface area contributed by atoms with Gasteiger partial charge in [-0.3, -0.25) is 9.48 Å². The largest absolute Gasteiger partial charge is 0.492 e. The zero-order valence-electron chi connectivity index (χ0n) is 13.4. The monoisotopic (exact) mass is 345 g/mol. The molecule has 1 aromatic carbocycles. The molecule has 0 radical (unpaired) electrons. The normalized spacial score (nSPS) is 23.5. The zero-order chi connectivity index (χ0) is 16.5. The van der Waals surface area contributed by atoms with E-state index in [0.29, 0.717) is 18.1 Å². The van der Waals surface area contributed by atoms with Crippen LogP contribution in [0.25, 0.3) is 0 Å². The van der Waals surface area contributed by atoms with Crippen LogP contribution in [0.5, 0.6) is 5.75 Å². The second-order valence-electron chi connectivity index (χ2n) is 6.53. The van der Waals surface area contributed by atoms with Gasteiger partial charge >= 0.3 is 0 Å². The fraction of sp³-hybridized carbons (Fsp3) is 0.444. The summed E-state index contributed by atoms with van der Waals surface area (Å²) in [5.41, 5.74) is 1.02. The van der Waals surface area contributed by atoms with Crippen molar-refractivity contribution < 1.29 is 9.53 Å². The van der Waals surface area contributed by atoms with Crippen LogP contribution in [0.4, 0.5) is 0 Å². The van der Waals surface area contributed by atoms with Gasteiger partial charge in [-0.15, -0.1) is 0 Å². The number of halogens is 1. The number of benzene rings is 1. The van der Waals surface area contributed by atoms with E-state index in [0.717, 1.165) is 37.2 Å². The molecule has 4 rings (SSSR count). The number of nitrogens with zero attached hydrogens (tertiary/aromatic N) is 3. The van der Waals surface area contributed by atoms with Gasteiger partial charge in [-0.05, 0) is 49.1 Å². The molecule has 0 N–H and O–H groups in total. The standard InChI is InChI=1S/C18H20ClN3O2/c19-15-4-5-17-13(10-15)9-14(12-24-17)18(23)21-7-1-3-16(11-21)22-8-2-6-20-22/h2,4-6,8,10,14,16H,1,3,7,9,11-12H2. The maximum Gasteiger partial charge on any atom is 0.229 e. The van der Waals surface area contributed by atoms with Crippen molar-refractivity contribution in [2.45, 2.75) is 25.3 Å². The van der Waals surface area contributed by atoms with Gasteiger partial charge in [0, 0.05) is 30.5 Å². The van der Waals surface area contributed by atoms with Crippen molar-refractivity contribution in [2.24, 2.45) is 5.92 Å². The van der Waals surface area contributed by atoms with Gasteiger partial charge in [0.05, 0.1) is 12.0 Å². The molecule has 1 fully saturated rings. The maximum atomic E-state index is 12.9. The molecule has 126 valence electrons. The van der Waals surface area contributed by atoms with Gasteiger partial charge in [0.1, 0.15) is 12.4 Å². The second-order valence-corrected chi connectivity index (χ2v) is 6.97. The Morgan fingerprint density at radius 3 is 3.12 bits per heavy atom. The summed E-state index contributed by atoms with van der Waals surface area (Å²) in [6, 6.07) is 7.80. The Labute approximate surface area is 146 Å². The Hall–Kier alpha value is -2.01. The van der Waals surface area contributed by atoms with E-state index >= 15 is 0 Å². The summed E-state index contributed by atoms with van der Waals surface area (Å²) in [6.07, 6.45) is 6.52. The Kier molecular flexibility index (Phi) is 4.19. The van der Waals surface area contributed by atoms with Crippen molar-refractivity contribution in [1.82, 2.24) is 14.7 Å². The van der Waals surface area contributed by atoms with Crippen LogP contribution in [0, 0.1) is 5.92 Å². The van der Waals surface area contributed by atoms with Gasteiger partial charge in [-0.1, -0.05) is 11.6 Å². The molecule has 0 saturated carbocycles. The molecular weight excluding hydrogens is 326 g/mol. The first-order valence-corrected chi connectivity index (χ1v) is 8.77. The number of carbonyl (C=O) groups is 1. The van der Waals surface area contributed by atoms with E-state index in [1.165, 1.54) is 0 Å². The molecule has 1 aromatic heterocycles. The van der Waals surface area contributed by atoms with Crippen LogP contribution in [0.2, 0.25) is 5.02 Å². The minimum absolute atomic E-state index is 0.132. The lowest BCUT2D eigenvalue weighted by Gasteiger charge is -2.36. The van der Waals surface area contributed by atoms with E-state index in [-0.39, 0.29) is 17.9 Å². The molecule has 0 spiro atoms. The Morgan fingerprint density at radius 1 is 1.38 bits per heavy atom. The number of piperidine rings is 1. The number of fused-ring (bicyclic) bond motifs is 1. The second kappa shape index (κ2) is 6.48. The number of aromatic nitrogens is 2. The molecule has 24 heavy (non-hydrogen) atoms. The first-order chi connectivity index (χ1) is 11.7. The highest BCUT2D eigenvalue weighted by atomic mass is 35.5. The smallest absolute Gasteiger partial charge is 0.229 e. The summed E-state index contributed by atoms with van der Waals surface area (Å²) in [6.45, 7) is 1.98. The SMILES string of the molecule is O=C(C1COc2ccc(Cl)cc2C1)N1CCCC(n2cccn2)C1. The molecule has 1 amide bonds. The number of likely N-dealkylation sites (tertiary alicyclic amines) is 1. The van der Waals surface area contributed by atoms with Crippen molar-refractivity contribution in [3.05, 3.63) is 47.2 Å².